The third-order valence-corrected chi connectivity index (χ3v) is 6.45. The highest BCUT2D eigenvalue weighted by Gasteiger charge is 2.42. The number of aromatic nitrogens is 5. The highest BCUT2D eigenvalue weighted by Crippen LogP contribution is 2.33. The van der Waals surface area contributed by atoms with Crippen molar-refractivity contribution in [3.05, 3.63) is 29.3 Å². The molecule has 0 radical (unpaired) electrons. The van der Waals surface area contributed by atoms with E-state index < -0.39 is 5.60 Å². The summed E-state index contributed by atoms with van der Waals surface area (Å²) in [6, 6.07) is 1.68. The molecule has 5 rings (SSSR count). The van der Waals surface area contributed by atoms with Gasteiger partial charge in [0, 0.05) is 31.9 Å². The number of H-pyrrole nitrogens is 1. The summed E-state index contributed by atoms with van der Waals surface area (Å²) in [5, 5.41) is 18.2. The number of nitrogens with one attached hydrogen (secondary N) is 2. The van der Waals surface area contributed by atoms with Gasteiger partial charge in [0.2, 0.25) is 5.91 Å². The van der Waals surface area contributed by atoms with E-state index in [-0.39, 0.29) is 17.7 Å². The average molecular weight is 429 g/mol. The van der Waals surface area contributed by atoms with E-state index in [2.05, 4.69) is 25.8 Å². The Hall–Kier alpha value is -2.79. The number of piperidine rings is 1. The van der Waals surface area contributed by atoms with Crippen molar-refractivity contribution in [2.24, 2.45) is 5.92 Å². The van der Waals surface area contributed by atoms with E-state index in [4.69, 9.17) is 9.47 Å². The van der Waals surface area contributed by atoms with Gasteiger partial charge in [-0.05, 0) is 31.7 Å². The van der Waals surface area contributed by atoms with Crippen LogP contribution >= 0.6 is 0 Å². The van der Waals surface area contributed by atoms with Gasteiger partial charge < -0.3 is 19.7 Å². The van der Waals surface area contributed by atoms with Crippen LogP contribution < -0.4 is 5.32 Å². The molecule has 2 aromatic heterocycles. The molecule has 0 aromatic carbocycles. The lowest BCUT2D eigenvalue weighted by Gasteiger charge is -2.44. The minimum Gasteiger partial charge on any atom is -0.381 e. The van der Waals surface area contributed by atoms with E-state index >= 15 is 0 Å². The summed E-state index contributed by atoms with van der Waals surface area (Å²) in [6.07, 6.45) is 4.80. The van der Waals surface area contributed by atoms with Crippen LogP contribution in [0.25, 0.3) is 0 Å². The topological polar surface area (TPSA) is 127 Å². The molecule has 166 valence electrons. The third kappa shape index (κ3) is 4.07. The van der Waals surface area contributed by atoms with E-state index in [1.165, 1.54) is 0 Å². The van der Waals surface area contributed by atoms with Gasteiger partial charge >= 0.3 is 0 Å². The van der Waals surface area contributed by atoms with E-state index in [1.54, 1.807) is 12.3 Å². The molecule has 2 saturated heterocycles. The van der Waals surface area contributed by atoms with E-state index in [0.717, 1.165) is 37.1 Å². The summed E-state index contributed by atoms with van der Waals surface area (Å²) >= 11 is 0. The van der Waals surface area contributed by atoms with Crippen molar-refractivity contribution in [2.75, 3.05) is 26.3 Å². The predicted molar refractivity (Wildman–Crippen MR) is 107 cm³/mol. The molecule has 0 saturated carbocycles. The fourth-order valence-corrected chi connectivity index (χ4v) is 4.67. The molecule has 0 bridgehead atoms. The molecular formula is C20H27N7O4. The summed E-state index contributed by atoms with van der Waals surface area (Å²) in [4.78, 5) is 26.9. The standard InChI is InChI=1S/C20H27N7O4/c28-18(14-3-8-30-9-4-14)21-10-16-17-11-31-20(13-27(17)25-24-16)5-1-7-26(12-20)19(29)15-2-6-22-23-15/h2,6,14H,1,3-5,7-13H2,(H,21,28)(H,22,23). The van der Waals surface area contributed by atoms with Crippen LogP contribution in [0, 0.1) is 5.92 Å². The van der Waals surface area contributed by atoms with Crippen LogP contribution in [-0.2, 0) is 34.0 Å². The van der Waals surface area contributed by atoms with Crippen LogP contribution in [-0.4, -0.2) is 73.8 Å². The molecule has 5 heterocycles. The van der Waals surface area contributed by atoms with Gasteiger partial charge in [0.05, 0.1) is 31.9 Å². The average Bonchev–Trinajstić information content (AvgIpc) is 3.47. The quantitative estimate of drug-likeness (QED) is 0.713. The van der Waals surface area contributed by atoms with Crippen molar-refractivity contribution in [1.29, 1.82) is 0 Å². The van der Waals surface area contributed by atoms with Gasteiger partial charge in [-0.2, -0.15) is 5.10 Å². The number of fused-ring (bicyclic) bond motifs is 1. The van der Waals surface area contributed by atoms with Crippen LogP contribution in [0.15, 0.2) is 12.3 Å². The molecule has 2 amide bonds. The Labute approximate surface area is 179 Å². The Balaban J connectivity index is 1.22. The Kier molecular flexibility index (Phi) is 5.45. The summed E-state index contributed by atoms with van der Waals surface area (Å²) in [5.41, 5.74) is 1.63. The number of hydrogen-bond donors (Lipinski definition) is 2. The summed E-state index contributed by atoms with van der Waals surface area (Å²) < 4.78 is 13.5. The number of nitrogens with zero attached hydrogens (tertiary/aromatic N) is 5. The molecule has 1 atom stereocenters. The van der Waals surface area contributed by atoms with Gasteiger partial charge in [0.15, 0.2) is 0 Å². The second-order valence-electron chi connectivity index (χ2n) is 8.52. The third-order valence-electron chi connectivity index (χ3n) is 6.45. The number of rotatable bonds is 4. The zero-order chi connectivity index (χ0) is 21.3. The Morgan fingerprint density at radius 1 is 1.29 bits per heavy atom. The maximum Gasteiger partial charge on any atom is 0.271 e. The molecule has 3 aliphatic rings. The monoisotopic (exact) mass is 429 g/mol. The minimum atomic E-state index is -0.475. The normalized spacial score (nSPS) is 24.2. The maximum absolute atomic E-state index is 12.7. The molecule has 31 heavy (non-hydrogen) atoms. The lowest BCUT2D eigenvalue weighted by atomic mass is 9.91. The van der Waals surface area contributed by atoms with Gasteiger partial charge in [-0.3, -0.25) is 14.7 Å². The van der Waals surface area contributed by atoms with Crippen molar-refractivity contribution in [3.8, 4) is 0 Å². The predicted octanol–water partition coefficient (Wildman–Crippen LogP) is 0.249. The van der Waals surface area contributed by atoms with Crippen molar-refractivity contribution in [2.45, 2.75) is 51.0 Å². The van der Waals surface area contributed by atoms with Crippen LogP contribution in [0.4, 0.5) is 0 Å². The molecule has 0 aliphatic carbocycles. The van der Waals surface area contributed by atoms with Crippen molar-refractivity contribution < 1.29 is 19.1 Å². The van der Waals surface area contributed by atoms with Crippen LogP contribution in [0.5, 0.6) is 0 Å². The number of amides is 2. The number of carbonyl (C=O) groups is 2. The van der Waals surface area contributed by atoms with E-state index in [1.807, 2.05) is 9.58 Å². The van der Waals surface area contributed by atoms with Gasteiger partial charge in [-0.15, -0.1) is 5.10 Å². The van der Waals surface area contributed by atoms with Gasteiger partial charge in [-0.25, -0.2) is 4.68 Å². The smallest absolute Gasteiger partial charge is 0.271 e. The molecule has 11 nitrogen and oxygen atoms in total. The van der Waals surface area contributed by atoms with Gasteiger partial charge in [-0.1, -0.05) is 5.21 Å². The molecule has 2 aromatic rings. The van der Waals surface area contributed by atoms with Crippen molar-refractivity contribution >= 4 is 11.8 Å². The van der Waals surface area contributed by atoms with E-state index in [9.17, 15) is 9.59 Å². The van der Waals surface area contributed by atoms with Crippen LogP contribution in [0.3, 0.4) is 0 Å². The highest BCUT2D eigenvalue weighted by atomic mass is 16.5. The lowest BCUT2D eigenvalue weighted by molar-refractivity contribution is -0.128. The van der Waals surface area contributed by atoms with Crippen LogP contribution in [0.1, 0.15) is 47.6 Å². The molecule has 11 heteroatoms. The molecule has 1 unspecified atom stereocenters. The summed E-state index contributed by atoms with van der Waals surface area (Å²) in [5.74, 6) is -0.0279. The Morgan fingerprint density at radius 2 is 2.16 bits per heavy atom. The van der Waals surface area contributed by atoms with Gasteiger partial charge in [0.1, 0.15) is 17.0 Å². The first-order valence-electron chi connectivity index (χ1n) is 10.8. The molecular weight excluding hydrogens is 402 g/mol. The number of aromatic amines is 1. The molecule has 1 spiro atoms. The first-order valence-corrected chi connectivity index (χ1v) is 10.8. The van der Waals surface area contributed by atoms with Crippen LogP contribution in [0.2, 0.25) is 0 Å². The first kappa shape index (κ1) is 20.1. The summed E-state index contributed by atoms with van der Waals surface area (Å²) in [6.45, 7) is 3.70. The number of ether oxygens (including phenoxy) is 2. The minimum absolute atomic E-state index is 0.000279. The number of hydrogen-bond acceptors (Lipinski definition) is 7. The zero-order valence-electron chi connectivity index (χ0n) is 17.4. The Morgan fingerprint density at radius 3 is 2.97 bits per heavy atom. The second kappa shape index (κ2) is 8.39. The molecule has 3 aliphatic heterocycles. The highest BCUT2D eigenvalue weighted by molar-refractivity contribution is 5.92. The van der Waals surface area contributed by atoms with Gasteiger partial charge in [0.25, 0.3) is 5.91 Å². The summed E-state index contributed by atoms with van der Waals surface area (Å²) in [7, 11) is 0. The SMILES string of the molecule is O=C(NCc1nnn2c1COC1(CCCN(C(=O)c3ccn[nH]3)C1)C2)C1CCOCC1. The second-order valence-corrected chi connectivity index (χ2v) is 8.52. The van der Waals surface area contributed by atoms with E-state index in [0.29, 0.717) is 51.7 Å². The number of likely N-dealkylation sites (tertiary alicyclic amines) is 1. The zero-order valence-corrected chi connectivity index (χ0v) is 17.4. The first-order chi connectivity index (χ1) is 15.1. The maximum atomic E-state index is 12.7. The van der Waals surface area contributed by atoms with Crippen molar-refractivity contribution in [1.82, 2.24) is 35.4 Å². The fraction of sp³-hybridized carbons (Fsp3) is 0.650. The molecule has 2 N–H and O–H groups in total. The molecule has 2 fully saturated rings. The fourth-order valence-electron chi connectivity index (χ4n) is 4.67. The number of carbonyl (C=O) groups excluding carboxylic acids is 2. The largest absolute Gasteiger partial charge is 0.381 e. The van der Waals surface area contributed by atoms with Crippen molar-refractivity contribution in [3.63, 3.8) is 0 Å². The Bertz CT molecular complexity index is 937. The lowest BCUT2D eigenvalue weighted by Crippen LogP contribution is -2.55.